The van der Waals surface area contributed by atoms with Gasteiger partial charge in [-0.3, -0.25) is 0 Å². The van der Waals surface area contributed by atoms with E-state index in [2.05, 4.69) is 5.32 Å². The molecule has 0 heterocycles. The summed E-state index contributed by atoms with van der Waals surface area (Å²) in [7, 11) is 0. The van der Waals surface area contributed by atoms with Crippen LogP contribution >= 0.6 is 0 Å². The van der Waals surface area contributed by atoms with Crippen molar-refractivity contribution in [2.45, 2.75) is 13.3 Å². The third-order valence-corrected chi connectivity index (χ3v) is 2.00. The number of carboxylic acids is 1. The Hall–Kier alpha value is -1.34. The van der Waals surface area contributed by atoms with E-state index >= 15 is 0 Å². The van der Waals surface area contributed by atoms with Crippen LogP contribution in [0.1, 0.15) is 13.3 Å². The minimum atomic E-state index is -1.03. The zero-order valence-electron chi connectivity index (χ0n) is 10.0. The SMILES string of the molecule is CCN(CCCO)C(=O)NCCOCC(=O)O. The average molecular weight is 248 g/mol. The molecule has 0 atom stereocenters. The van der Waals surface area contributed by atoms with Crippen molar-refractivity contribution in [3.8, 4) is 0 Å². The molecule has 0 saturated heterocycles. The van der Waals surface area contributed by atoms with Gasteiger partial charge in [-0.15, -0.1) is 0 Å². The molecule has 2 amide bonds. The Bertz CT molecular complexity index is 235. The van der Waals surface area contributed by atoms with E-state index in [-0.39, 0.29) is 32.4 Å². The van der Waals surface area contributed by atoms with E-state index in [9.17, 15) is 9.59 Å². The maximum absolute atomic E-state index is 11.5. The molecule has 0 aliphatic heterocycles. The number of aliphatic hydroxyl groups excluding tert-OH is 1. The second kappa shape index (κ2) is 9.86. The van der Waals surface area contributed by atoms with Crippen LogP contribution in [0.5, 0.6) is 0 Å². The summed E-state index contributed by atoms with van der Waals surface area (Å²) >= 11 is 0. The van der Waals surface area contributed by atoms with E-state index in [1.165, 1.54) is 0 Å². The van der Waals surface area contributed by atoms with E-state index < -0.39 is 5.97 Å². The zero-order valence-corrected chi connectivity index (χ0v) is 10.0. The van der Waals surface area contributed by atoms with Gasteiger partial charge in [-0.25, -0.2) is 9.59 Å². The lowest BCUT2D eigenvalue weighted by Crippen LogP contribution is -2.41. The Balaban J connectivity index is 3.64. The number of hydrogen-bond acceptors (Lipinski definition) is 4. The first-order chi connectivity index (χ1) is 8.11. The van der Waals surface area contributed by atoms with Crippen LogP contribution in [0, 0.1) is 0 Å². The van der Waals surface area contributed by atoms with Crippen molar-refractivity contribution in [1.82, 2.24) is 10.2 Å². The van der Waals surface area contributed by atoms with Gasteiger partial charge in [0.2, 0.25) is 0 Å². The molecule has 0 fully saturated rings. The summed E-state index contributed by atoms with van der Waals surface area (Å²) in [5.74, 6) is -1.03. The van der Waals surface area contributed by atoms with Crippen LogP contribution in [0.4, 0.5) is 4.79 Å². The van der Waals surface area contributed by atoms with E-state index in [1.54, 1.807) is 4.90 Å². The number of hydrogen-bond donors (Lipinski definition) is 3. The number of rotatable bonds is 9. The molecule has 0 unspecified atom stereocenters. The first-order valence-corrected chi connectivity index (χ1v) is 5.55. The predicted molar refractivity (Wildman–Crippen MR) is 60.8 cm³/mol. The topological polar surface area (TPSA) is 99.1 Å². The van der Waals surface area contributed by atoms with Gasteiger partial charge >= 0.3 is 12.0 Å². The van der Waals surface area contributed by atoms with Crippen molar-refractivity contribution in [3.63, 3.8) is 0 Å². The molecule has 0 aromatic rings. The highest BCUT2D eigenvalue weighted by Crippen LogP contribution is 1.91. The monoisotopic (exact) mass is 248 g/mol. The fourth-order valence-electron chi connectivity index (χ4n) is 1.17. The molecule has 3 N–H and O–H groups in total. The third-order valence-electron chi connectivity index (χ3n) is 2.00. The third kappa shape index (κ3) is 8.47. The van der Waals surface area contributed by atoms with Gasteiger partial charge in [-0.2, -0.15) is 0 Å². The van der Waals surface area contributed by atoms with Gasteiger partial charge in [-0.05, 0) is 13.3 Å². The van der Waals surface area contributed by atoms with E-state index in [0.29, 0.717) is 19.5 Å². The van der Waals surface area contributed by atoms with E-state index in [1.807, 2.05) is 6.92 Å². The van der Waals surface area contributed by atoms with Crippen LogP contribution in [0.3, 0.4) is 0 Å². The largest absolute Gasteiger partial charge is 0.480 e. The normalized spacial score (nSPS) is 10.0. The minimum Gasteiger partial charge on any atom is -0.480 e. The Kier molecular flexibility index (Phi) is 9.08. The molecule has 0 bridgehead atoms. The molecule has 0 saturated carbocycles. The molecule has 100 valence electrons. The maximum atomic E-state index is 11.5. The number of nitrogens with zero attached hydrogens (tertiary/aromatic N) is 1. The fraction of sp³-hybridized carbons (Fsp3) is 0.800. The Morgan fingerprint density at radius 1 is 1.41 bits per heavy atom. The van der Waals surface area contributed by atoms with Gasteiger partial charge in [0.1, 0.15) is 6.61 Å². The highest BCUT2D eigenvalue weighted by molar-refractivity contribution is 5.74. The summed E-state index contributed by atoms with van der Waals surface area (Å²) in [5, 5.41) is 19.6. The van der Waals surface area contributed by atoms with Crippen molar-refractivity contribution < 1.29 is 24.5 Å². The summed E-state index contributed by atoms with van der Waals surface area (Å²) in [6, 6.07) is -0.236. The molecule has 7 nitrogen and oxygen atoms in total. The van der Waals surface area contributed by atoms with Crippen LogP contribution < -0.4 is 5.32 Å². The van der Waals surface area contributed by atoms with Crippen LogP contribution in [-0.2, 0) is 9.53 Å². The number of aliphatic hydroxyl groups is 1. The first kappa shape index (κ1) is 15.7. The number of amides is 2. The second-order valence-corrected chi connectivity index (χ2v) is 3.34. The summed E-state index contributed by atoms with van der Waals surface area (Å²) in [4.78, 5) is 23.2. The van der Waals surface area contributed by atoms with E-state index in [0.717, 1.165) is 0 Å². The number of ether oxygens (including phenoxy) is 1. The molecule has 0 radical (unpaired) electrons. The number of carbonyl (C=O) groups is 2. The number of nitrogens with one attached hydrogen (secondary N) is 1. The molecular weight excluding hydrogens is 228 g/mol. The maximum Gasteiger partial charge on any atom is 0.329 e. The molecule has 0 rings (SSSR count). The predicted octanol–water partition coefficient (Wildman–Crippen LogP) is -0.498. The van der Waals surface area contributed by atoms with Gasteiger partial charge in [0.25, 0.3) is 0 Å². The van der Waals surface area contributed by atoms with Gasteiger partial charge in [0.05, 0.1) is 6.61 Å². The standard InChI is InChI=1S/C10H20N2O5/c1-2-12(5-3-6-13)10(16)11-4-7-17-8-9(14)15/h13H,2-8H2,1H3,(H,11,16)(H,14,15). The summed E-state index contributed by atoms with van der Waals surface area (Å²) in [6.45, 7) is 3.01. The lowest BCUT2D eigenvalue weighted by atomic mass is 10.4. The number of carbonyl (C=O) groups excluding carboxylic acids is 1. The summed E-state index contributed by atoms with van der Waals surface area (Å²) in [5.41, 5.74) is 0. The van der Waals surface area contributed by atoms with Crippen LogP contribution in [0.2, 0.25) is 0 Å². The van der Waals surface area contributed by atoms with Crippen molar-refractivity contribution in [1.29, 1.82) is 0 Å². The second-order valence-electron chi connectivity index (χ2n) is 3.34. The fourth-order valence-corrected chi connectivity index (χ4v) is 1.17. The Labute approximate surface area is 100 Å². The highest BCUT2D eigenvalue weighted by Gasteiger charge is 2.09. The molecule has 0 aromatic heterocycles. The van der Waals surface area contributed by atoms with Crippen molar-refractivity contribution in [2.75, 3.05) is 39.5 Å². The molecule has 17 heavy (non-hydrogen) atoms. The molecule has 7 heteroatoms. The van der Waals surface area contributed by atoms with Crippen molar-refractivity contribution >= 4 is 12.0 Å². The number of urea groups is 1. The summed E-state index contributed by atoms with van der Waals surface area (Å²) < 4.78 is 4.77. The van der Waals surface area contributed by atoms with Gasteiger partial charge in [0, 0.05) is 26.2 Å². The zero-order chi connectivity index (χ0) is 13.1. The quantitative estimate of drug-likeness (QED) is 0.478. The van der Waals surface area contributed by atoms with Crippen molar-refractivity contribution in [3.05, 3.63) is 0 Å². The minimum absolute atomic E-state index is 0.0471. The van der Waals surface area contributed by atoms with Crippen LogP contribution in [0.15, 0.2) is 0 Å². The van der Waals surface area contributed by atoms with E-state index in [4.69, 9.17) is 14.9 Å². The van der Waals surface area contributed by atoms with Crippen LogP contribution in [0.25, 0.3) is 0 Å². The van der Waals surface area contributed by atoms with Gasteiger partial charge < -0.3 is 25.2 Å². The molecular formula is C10H20N2O5. The van der Waals surface area contributed by atoms with Crippen LogP contribution in [-0.4, -0.2) is 66.6 Å². The van der Waals surface area contributed by atoms with Gasteiger partial charge in [0.15, 0.2) is 0 Å². The lowest BCUT2D eigenvalue weighted by Gasteiger charge is -2.20. The Morgan fingerprint density at radius 3 is 2.65 bits per heavy atom. The number of carboxylic acid groups (broad SMARTS) is 1. The Morgan fingerprint density at radius 2 is 2.12 bits per heavy atom. The molecule has 0 aromatic carbocycles. The van der Waals surface area contributed by atoms with Crippen molar-refractivity contribution in [2.24, 2.45) is 0 Å². The average Bonchev–Trinajstić information content (AvgIpc) is 2.29. The highest BCUT2D eigenvalue weighted by atomic mass is 16.5. The van der Waals surface area contributed by atoms with Gasteiger partial charge in [-0.1, -0.05) is 0 Å². The number of aliphatic carboxylic acids is 1. The molecule has 0 aliphatic rings. The smallest absolute Gasteiger partial charge is 0.329 e. The first-order valence-electron chi connectivity index (χ1n) is 5.55. The summed E-state index contributed by atoms with van der Waals surface area (Å²) in [6.07, 6.45) is 0.538. The lowest BCUT2D eigenvalue weighted by molar-refractivity contribution is -0.142. The molecule has 0 spiro atoms. The molecule has 0 aliphatic carbocycles.